The highest BCUT2D eigenvalue weighted by Gasteiger charge is 2.35. The van der Waals surface area contributed by atoms with E-state index in [-0.39, 0.29) is 24.8 Å². The molecule has 2 aromatic carbocycles. The fraction of sp³-hybridized carbons (Fsp3) is 0.406. The van der Waals surface area contributed by atoms with Crippen LogP contribution in [0.1, 0.15) is 56.1 Å². The van der Waals surface area contributed by atoms with Gasteiger partial charge in [0.05, 0.1) is 6.61 Å². The molecule has 0 aliphatic carbocycles. The SMILES string of the molecule is C=CCCCCC(=O)N1CCC[C@H]1C(=O)N[C@@H](Cc1ccc(OCCC=C)cc1)C(=O)OCc1ccccc1. The van der Waals surface area contributed by atoms with Crippen molar-refractivity contribution < 1.29 is 23.9 Å². The minimum atomic E-state index is -0.890. The number of likely N-dealkylation sites (tertiary alicyclic amines) is 1. The van der Waals surface area contributed by atoms with Crippen LogP contribution < -0.4 is 10.1 Å². The predicted molar refractivity (Wildman–Crippen MR) is 152 cm³/mol. The summed E-state index contributed by atoms with van der Waals surface area (Å²) in [7, 11) is 0. The van der Waals surface area contributed by atoms with Crippen LogP contribution in [-0.2, 0) is 32.1 Å². The second-order valence-electron chi connectivity index (χ2n) is 9.71. The summed E-state index contributed by atoms with van der Waals surface area (Å²) in [5.74, 6) is -0.134. The maximum absolute atomic E-state index is 13.4. The maximum Gasteiger partial charge on any atom is 0.329 e. The lowest BCUT2D eigenvalue weighted by atomic mass is 10.0. The Bertz CT molecular complexity index is 1080. The molecule has 1 N–H and O–H groups in total. The molecule has 39 heavy (non-hydrogen) atoms. The van der Waals surface area contributed by atoms with Gasteiger partial charge in [0.25, 0.3) is 0 Å². The van der Waals surface area contributed by atoms with E-state index in [1.54, 1.807) is 11.0 Å². The summed E-state index contributed by atoms with van der Waals surface area (Å²) in [6.45, 7) is 8.61. The molecule has 2 aromatic rings. The third kappa shape index (κ3) is 9.74. The van der Waals surface area contributed by atoms with Gasteiger partial charge in [0.2, 0.25) is 11.8 Å². The number of nitrogens with zero attached hydrogens (tertiary/aromatic N) is 1. The van der Waals surface area contributed by atoms with Gasteiger partial charge in [-0.15, -0.1) is 13.2 Å². The highest BCUT2D eigenvalue weighted by atomic mass is 16.5. The lowest BCUT2D eigenvalue weighted by molar-refractivity contribution is -0.150. The van der Waals surface area contributed by atoms with Crippen molar-refractivity contribution in [3.8, 4) is 5.75 Å². The summed E-state index contributed by atoms with van der Waals surface area (Å²) < 4.78 is 11.3. The summed E-state index contributed by atoms with van der Waals surface area (Å²) in [6, 6.07) is 15.4. The molecular weight excluding hydrogens is 492 g/mol. The molecular formula is C32H40N2O5. The topological polar surface area (TPSA) is 84.9 Å². The largest absolute Gasteiger partial charge is 0.493 e. The van der Waals surface area contributed by atoms with Gasteiger partial charge >= 0.3 is 5.97 Å². The van der Waals surface area contributed by atoms with E-state index in [1.807, 2.05) is 60.7 Å². The van der Waals surface area contributed by atoms with Gasteiger partial charge in [0.1, 0.15) is 24.4 Å². The quantitative estimate of drug-likeness (QED) is 0.184. The molecule has 0 bridgehead atoms. The lowest BCUT2D eigenvalue weighted by Crippen LogP contribution is -2.51. The molecule has 0 unspecified atom stereocenters. The Morgan fingerprint density at radius 3 is 2.44 bits per heavy atom. The second-order valence-corrected chi connectivity index (χ2v) is 9.71. The van der Waals surface area contributed by atoms with Crippen LogP contribution in [0, 0.1) is 0 Å². The van der Waals surface area contributed by atoms with Crippen LogP contribution in [0.25, 0.3) is 0 Å². The molecule has 0 saturated carbocycles. The van der Waals surface area contributed by atoms with Crippen molar-refractivity contribution in [2.24, 2.45) is 0 Å². The van der Waals surface area contributed by atoms with Gasteiger partial charge in [-0.05, 0) is 61.8 Å². The van der Waals surface area contributed by atoms with Crippen LogP contribution in [0.4, 0.5) is 0 Å². The van der Waals surface area contributed by atoms with Crippen molar-refractivity contribution in [1.82, 2.24) is 10.2 Å². The number of nitrogens with one attached hydrogen (secondary N) is 1. The van der Waals surface area contributed by atoms with E-state index in [0.717, 1.165) is 49.0 Å². The van der Waals surface area contributed by atoms with E-state index in [9.17, 15) is 14.4 Å². The molecule has 7 heteroatoms. The summed E-state index contributed by atoms with van der Waals surface area (Å²) >= 11 is 0. The van der Waals surface area contributed by atoms with Crippen LogP contribution in [0.5, 0.6) is 5.75 Å². The smallest absolute Gasteiger partial charge is 0.329 e. The Balaban J connectivity index is 1.66. The van der Waals surface area contributed by atoms with Crippen LogP contribution in [0.15, 0.2) is 79.9 Å². The Morgan fingerprint density at radius 2 is 1.72 bits per heavy atom. The summed E-state index contributed by atoms with van der Waals surface area (Å²) in [6.07, 6.45) is 8.91. The van der Waals surface area contributed by atoms with E-state index in [1.165, 1.54) is 0 Å². The van der Waals surface area contributed by atoms with Crippen molar-refractivity contribution >= 4 is 17.8 Å². The Hall–Kier alpha value is -3.87. The molecule has 1 saturated heterocycles. The summed E-state index contributed by atoms with van der Waals surface area (Å²) in [5.41, 5.74) is 1.72. The zero-order valence-corrected chi connectivity index (χ0v) is 22.7. The number of ether oxygens (including phenoxy) is 2. The molecule has 7 nitrogen and oxygen atoms in total. The van der Waals surface area contributed by atoms with E-state index in [0.29, 0.717) is 26.0 Å². The second kappa shape index (κ2) is 16.2. The highest BCUT2D eigenvalue weighted by Crippen LogP contribution is 2.21. The average molecular weight is 533 g/mol. The van der Waals surface area contributed by atoms with Gasteiger partial charge in [-0.1, -0.05) is 54.6 Å². The molecule has 0 spiro atoms. The maximum atomic E-state index is 13.4. The third-order valence-electron chi connectivity index (χ3n) is 6.70. The number of hydrogen-bond acceptors (Lipinski definition) is 5. The van der Waals surface area contributed by atoms with Crippen molar-refractivity contribution in [1.29, 1.82) is 0 Å². The molecule has 1 aliphatic rings. The van der Waals surface area contributed by atoms with Crippen molar-refractivity contribution in [3.63, 3.8) is 0 Å². The number of unbranched alkanes of at least 4 members (excludes halogenated alkanes) is 2. The molecule has 1 fully saturated rings. The van der Waals surface area contributed by atoms with Gasteiger partial charge in [0, 0.05) is 19.4 Å². The fourth-order valence-corrected chi connectivity index (χ4v) is 4.55. The molecule has 1 heterocycles. The Labute approximate surface area is 231 Å². The zero-order chi connectivity index (χ0) is 27.9. The first-order valence-electron chi connectivity index (χ1n) is 13.8. The first-order chi connectivity index (χ1) is 19.0. The number of carbonyl (C=O) groups is 3. The van der Waals surface area contributed by atoms with Crippen LogP contribution in [0.2, 0.25) is 0 Å². The number of allylic oxidation sites excluding steroid dienone is 1. The predicted octanol–water partition coefficient (Wildman–Crippen LogP) is 5.15. The number of benzene rings is 2. The van der Waals surface area contributed by atoms with Crippen LogP contribution in [-0.4, -0.2) is 47.9 Å². The molecule has 3 rings (SSSR count). The van der Waals surface area contributed by atoms with Gasteiger partial charge in [-0.25, -0.2) is 4.79 Å². The highest BCUT2D eigenvalue weighted by molar-refractivity contribution is 5.91. The monoisotopic (exact) mass is 532 g/mol. The number of carbonyl (C=O) groups excluding carboxylic acids is 3. The van der Waals surface area contributed by atoms with Crippen molar-refractivity contribution in [3.05, 3.63) is 91.0 Å². The molecule has 0 aromatic heterocycles. The van der Waals surface area contributed by atoms with Crippen LogP contribution in [0.3, 0.4) is 0 Å². The third-order valence-corrected chi connectivity index (χ3v) is 6.70. The zero-order valence-electron chi connectivity index (χ0n) is 22.7. The lowest BCUT2D eigenvalue weighted by Gasteiger charge is -2.26. The van der Waals surface area contributed by atoms with E-state index >= 15 is 0 Å². The van der Waals surface area contributed by atoms with Gasteiger partial charge < -0.3 is 19.7 Å². The Morgan fingerprint density at radius 1 is 0.974 bits per heavy atom. The molecule has 208 valence electrons. The summed E-state index contributed by atoms with van der Waals surface area (Å²) in [4.78, 5) is 41.0. The Kier molecular flexibility index (Phi) is 12.3. The normalized spacial score (nSPS) is 15.3. The standard InChI is InChI=1S/C32H40N2O5/c1-3-5-7-11-16-30(35)34-21-12-15-29(34)31(36)33-28(32(37)39-24-26-13-9-8-10-14-26)23-25-17-19-27(20-18-25)38-22-6-4-2/h3-4,8-10,13-14,17-20,28-29H,1-2,5-7,11-12,15-16,21-24H2,(H,33,36)/t28-,29-/m0/s1. The van der Waals surface area contributed by atoms with Gasteiger partial charge in [-0.3, -0.25) is 9.59 Å². The van der Waals surface area contributed by atoms with Crippen molar-refractivity contribution in [2.75, 3.05) is 13.2 Å². The van der Waals surface area contributed by atoms with E-state index < -0.39 is 18.1 Å². The number of hydrogen-bond donors (Lipinski definition) is 1. The molecule has 1 aliphatic heterocycles. The van der Waals surface area contributed by atoms with Crippen molar-refractivity contribution in [2.45, 2.75) is 70.1 Å². The van der Waals surface area contributed by atoms with E-state index in [4.69, 9.17) is 9.47 Å². The first kappa shape index (κ1) is 29.7. The molecule has 2 atom stereocenters. The average Bonchev–Trinajstić information content (AvgIpc) is 3.46. The number of esters is 1. The minimum Gasteiger partial charge on any atom is -0.493 e. The van der Waals surface area contributed by atoms with Gasteiger partial charge in [-0.2, -0.15) is 0 Å². The number of amides is 2. The number of rotatable bonds is 16. The first-order valence-corrected chi connectivity index (χ1v) is 13.8. The van der Waals surface area contributed by atoms with Gasteiger partial charge in [0.15, 0.2) is 0 Å². The molecule has 2 amide bonds. The van der Waals surface area contributed by atoms with Crippen LogP contribution >= 0.6 is 0 Å². The molecule has 0 radical (unpaired) electrons. The summed E-state index contributed by atoms with van der Waals surface area (Å²) in [5, 5.41) is 2.90. The fourth-order valence-electron chi connectivity index (χ4n) is 4.55. The van der Waals surface area contributed by atoms with E-state index in [2.05, 4.69) is 18.5 Å². The minimum absolute atomic E-state index is 0.0213.